The number of sulfonamides is 1. The first kappa shape index (κ1) is 14.9. The molecule has 1 amide bonds. The zero-order chi connectivity index (χ0) is 13.8. The van der Waals surface area contributed by atoms with Gasteiger partial charge in [-0.05, 0) is 12.8 Å². The van der Waals surface area contributed by atoms with Crippen LogP contribution in [0.1, 0.15) is 19.3 Å². The van der Waals surface area contributed by atoms with E-state index in [4.69, 9.17) is 5.11 Å². The number of amides is 1. The molecule has 0 unspecified atom stereocenters. The number of hydrogen-bond acceptors (Lipinski definition) is 4. The number of rotatable bonds is 6. The number of likely N-dealkylation sites (N-methyl/N-ethyl adjacent to an activating group) is 1. The van der Waals surface area contributed by atoms with Crippen LogP contribution in [0.25, 0.3) is 0 Å². The quantitative estimate of drug-likeness (QED) is 0.696. The van der Waals surface area contributed by atoms with E-state index in [1.54, 1.807) is 7.05 Å². The van der Waals surface area contributed by atoms with Gasteiger partial charge in [0.15, 0.2) is 0 Å². The third-order valence-electron chi connectivity index (χ3n) is 2.82. The number of carbonyl (C=O) groups is 2. The Bertz CT molecular complexity index is 420. The average Bonchev–Trinajstić information content (AvgIpc) is 2.57. The molecule has 0 spiro atoms. The lowest BCUT2D eigenvalue weighted by Gasteiger charge is -2.20. The second kappa shape index (κ2) is 6.14. The fraction of sp³-hybridized carbons (Fsp3) is 0.800. The summed E-state index contributed by atoms with van der Waals surface area (Å²) < 4.78 is 24.2. The molecule has 1 fully saturated rings. The van der Waals surface area contributed by atoms with Gasteiger partial charge in [-0.2, -0.15) is 4.31 Å². The molecule has 1 aliphatic rings. The van der Waals surface area contributed by atoms with Gasteiger partial charge < -0.3 is 10.0 Å². The SMILES string of the molecule is CN(CCCC(=O)O)C(=O)CN1CCCS1(=O)=O. The van der Waals surface area contributed by atoms with Crippen LogP contribution in [0.15, 0.2) is 0 Å². The molecule has 0 aromatic carbocycles. The predicted octanol–water partition coefficient (Wildman–Crippen LogP) is -0.655. The maximum absolute atomic E-state index is 11.7. The number of carbonyl (C=O) groups excluding carboxylic acids is 1. The third kappa shape index (κ3) is 4.26. The third-order valence-corrected chi connectivity index (χ3v) is 4.73. The molecule has 104 valence electrons. The zero-order valence-corrected chi connectivity index (χ0v) is 11.1. The normalized spacial score (nSPS) is 18.7. The van der Waals surface area contributed by atoms with Crippen LogP contribution >= 0.6 is 0 Å². The number of carboxylic acids is 1. The summed E-state index contributed by atoms with van der Waals surface area (Å²) in [6.45, 7) is 0.558. The molecule has 8 heteroatoms. The molecule has 1 saturated heterocycles. The molecule has 0 atom stereocenters. The monoisotopic (exact) mass is 278 g/mol. The fourth-order valence-corrected chi connectivity index (χ4v) is 3.20. The maximum Gasteiger partial charge on any atom is 0.303 e. The van der Waals surface area contributed by atoms with Crippen molar-refractivity contribution in [3.63, 3.8) is 0 Å². The van der Waals surface area contributed by atoms with Gasteiger partial charge in [0.25, 0.3) is 0 Å². The van der Waals surface area contributed by atoms with E-state index in [-0.39, 0.29) is 24.6 Å². The van der Waals surface area contributed by atoms with Crippen molar-refractivity contribution < 1.29 is 23.1 Å². The molecular formula is C10H18N2O5S. The summed E-state index contributed by atoms with van der Waals surface area (Å²) >= 11 is 0. The van der Waals surface area contributed by atoms with E-state index >= 15 is 0 Å². The van der Waals surface area contributed by atoms with Crippen molar-refractivity contribution in [1.82, 2.24) is 9.21 Å². The lowest BCUT2D eigenvalue weighted by molar-refractivity contribution is -0.138. The minimum Gasteiger partial charge on any atom is -0.481 e. The summed E-state index contributed by atoms with van der Waals surface area (Å²) in [5, 5.41) is 8.47. The van der Waals surface area contributed by atoms with Crippen LogP contribution in [-0.4, -0.2) is 67.0 Å². The molecule has 18 heavy (non-hydrogen) atoms. The van der Waals surface area contributed by atoms with E-state index in [1.807, 2.05) is 0 Å². The highest BCUT2D eigenvalue weighted by Crippen LogP contribution is 2.12. The molecule has 1 N–H and O–H groups in total. The summed E-state index contributed by atoms with van der Waals surface area (Å²) in [6.07, 6.45) is 0.919. The van der Waals surface area contributed by atoms with Crippen LogP contribution in [0.4, 0.5) is 0 Å². The molecule has 0 aliphatic carbocycles. The van der Waals surface area contributed by atoms with Crippen LogP contribution in [0.2, 0.25) is 0 Å². The largest absolute Gasteiger partial charge is 0.481 e. The van der Waals surface area contributed by atoms with Crippen LogP contribution in [0.5, 0.6) is 0 Å². The van der Waals surface area contributed by atoms with Crippen molar-refractivity contribution in [2.24, 2.45) is 0 Å². The lowest BCUT2D eigenvalue weighted by Crippen LogP contribution is -2.39. The van der Waals surface area contributed by atoms with Gasteiger partial charge in [0.1, 0.15) is 0 Å². The highest BCUT2D eigenvalue weighted by atomic mass is 32.2. The average molecular weight is 278 g/mol. The molecule has 1 rings (SSSR count). The first-order valence-electron chi connectivity index (χ1n) is 5.76. The summed E-state index contributed by atoms with van der Waals surface area (Å²) in [7, 11) is -1.71. The van der Waals surface area contributed by atoms with Crippen molar-refractivity contribution in [1.29, 1.82) is 0 Å². The lowest BCUT2D eigenvalue weighted by atomic mass is 10.3. The first-order chi connectivity index (χ1) is 8.33. The van der Waals surface area contributed by atoms with E-state index in [0.717, 1.165) is 0 Å². The van der Waals surface area contributed by atoms with Gasteiger partial charge in [0, 0.05) is 26.6 Å². The second-order valence-electron chi connectivity index (χ2n) is 4.32. The number of nitrogens with zero attached hydrogens (tertiary/aromatic N) is 2. The Morgan fingerprint density at radius 3 is 2.56 bits per heavy atom. The smallest absolute Gasteiger partial charge is 0.303 e. The minimum absolute atomic E-state index is 0.000364. The van der Waals surface area contributed by atoms with Gasteiger partial charge in [-0.15, -0.1) is 0 Å². The standard InChI is InChI=1S/C10H18N2O5S/c1-11(5-2-4-10(14)15)9(13)8-12-6-3-7-18(12,16)17/h2-8H2,1H3,(H,14,15). The van der Waals surface area contributed by atoms with Crippen molar-refractivity contribution in [2.75, 3.05) is 32.4 Å². The number of aliphatic carboxylic acids is 1. The van der Waals surface area contributed by atoms with Crippen LogP contribution in [0, 0.1) is 0 Å². The van der Waals surface area contributed by atoms with Crippen molar-refractivity contribution >= 4 is 21.9 Å². The van der Waals surface area contributed by atoms with Gasteiger partial charge in [-0.25, -0.2) is 8.42 Å². The summed E-state index contributed by atoms with van der Waals surface area (Å²) in [4.78, 5) is 23.4. The molecule has 0 bridgehead atoms. The molecule has 0 aromatic heterocycles. The Morgan fingerprint density at radius 1 is 1.39 bits per heavy atom. The van der Waals surface area contributed by atoms with Gasteiger partial charge in [-0.1, -0.05) is 0 Å². The van der Waals surface area contributed by atoms with Gasteiger partial charge >= 0.3 is 5.97 Å². The summed E-state index contributed by atoms with van der Waals surface area (Å²) in [6, 6.07) is 0. The molecule has 0 saturated carbocycles. The molecule has 1 heterocycles. The maximum atomic E-state index is 11.7. The highest BCUT2D eigenvalue weighted by molar-refractivity contribution is 7.89. The molecule has 1 aliphatic heterocycles. The van der Waals surface area contributed by atoms with Gasteiger partial charge in [0.05, 0.1) is 12.3 Å². The molecule has 0 aromatic rings. The Hall–Kier alpha value is -1.15. The van der Waals surface area contributed by atoms with Gasteiger partial charge in [-0.3, -0.25) is 9.59 Å². The summed E-state index contributed by atoms with van der Waals surface area (Å²) in [5.41, 5.74) is 0. The first-order valence-corrected chi connectivity index (χ1v) is 7.37. The number of carboxylic acid groups (broad SMARTS) is 1. The van der Waals surface area contributed by atoms with E-state index in [1.165, 1.54) is 9.21 Å². The van der Waals surface area contributed by atoms with Crippen molar-refractivity contribution in [2.45, 2.75) is 19.3 Å². The van der Waals surface area contributed by atoms with Crippen molar-refractivity contribution in [3.8, 4) is 0 Å². The van der Waals surface area contributed by atoms with E-state index in [2.05, 4.69) is 0 Å². The number of hydrogen-bond donors (Lipinski definition) is 1. The van der Waals surface area contributed by atoms with Crippen LogP contribution in [-0.2, 0) is 19.6 Å². The van der Waals surface area contributed by atoms with E-state index < -0.39 is 16.0 Å². The Morgan fingerprint density at radius 2 is 2.06 bits per heavy atom. The van der Waals surface area contributed by atoms with E-state index in [9.17, 15) is 18.0 Å². The molecule has 0 radical (unpaired) electrons. The van der Waals surface area contributed by atoms with Crippen LogP contribution < -0.4 is 0 Å². The zero-order valence-electron chi connectivity index (χ0n) is 10.3. The van der Waals surface area contributed by atoms with Crippen LogP contribution in [0.3, 0.4) is 0 Å². The minimum atomic E-state index is -3.26. The predicted molar refractivity (Wildman–Crippen MR) is 64.5 cm³/mol. The van der Waals surface area contributed by atoms with E-state index in [0.29, 0.717) is 25.9 Å². The summed E-state index contributed by atoms with van der Waals surface area (Å²) in [5.74, 6) is -1.10. The van der Waals surface area contributed by atoms with Crippen molar-refractivity contribution in [3.05, 3.63) is 0 Å². The second-order valence-corrected chi connectivity index (χ2v) is 6.40. The topological polar surface area (TPSA) is 95.0 Å². The fourth-order valence-electron chi connectivity index (χ4n) is 1.73. The highest BCUT2D eigenvalue weighted by Gasteiger charge is 2.30. The Kier molecular flexibility index (Phi) is 5.09. The molecular weight excluding hydrogens is 260 g/mol. The van der Waals surface area contributed by atoms with Gasteiger partial charge in [0.2, 0.25) is 15.9 Å². The molecule has 7 nitrogen and oxygen atoms in total. The Balaban J connectivity index is 2.38. The Labute approximate surface area is 106 Å².